The van der Waals surface area contributed by atoms with Gasteiger partial charge in [0, 0.05) is 0 Å². The highest BCUT2D eigenvalue weighted by Gasteiger charge is 2.11. The fraction of sp³-hybridized carbons (Fsp3) is 0.684. The topological polar surface area (TPSA) is 0 Å². The number of hydrogen-bond acceptors (Lipinski definition) is 0. The Morgan fingerprint density at radius 1 is 0.947 bits per heavy atom. The lowest BCUT2D eigenvalue weighted by molar-refractivity contribution is 0.509. The Bertz CT molecular complexity index is 298. The molecule has 0 bridgehead atoms. The maximum Gasteiger partial charge on any atom is -0.0165 e. The molecular formula is C19H34. The first-order valence-electron chi connectivity index (χ1n) is 8.09. The highest BCUT2D eigenvalue weighted by atomic mass is 14.2. The Kier molecular flexibility index (Phi) is 10.6. The second kappa shape index (κ2) is 11.1. The molecule has 0 heterocycles. The average Bonchev–Trinajstić information content (AvgIpc) is 2.41. The van der Waals surface area contributed by atoms with Gasteiger partial charge in [-0.25, -0.2) is 0 Å². The fourth-order valence-electron chi connectivity index (χ4n) is 2.42. The van der Waals surface area contributed by atoms with Crippen molar-refractivity contribution in [3.05, 3.63) is 35.5 Å². The molecule has 110 valence electrons. The Morgan fingerprint density at radius 3 is 2.00 bits per heavy atom. The summed E-state index contributed by atoms with van der Waals surface area (Å²) in [6.07, 6.45) is 13.4. The van der Waals surface area contributed by atoms with E-state index >= 15 is 0 Å². The highest BCUT2D eigenvalue weighted by molar-refractivity contribution is 5.32. The molecule has 0 aromatic heterocycles. The third-order valence-corrected chi connectivity index (χ3v) is 3.82. The molecule has 0 fully saturated rings. The smallest absolute Gasteiger partial charge is 0.0165 e. The third kappa shape index (κ3) is 8.08. The zero-order valence-corrected chi connectivity index (χ0v) is 13.9. The van der Waals surface area contributed by atoms with E-state index in [0.29, 0.717) is 5.92 Å². The summed E-state index contributed by atoms with van der Waals surface area (Å²) >= 11 is 0. The van der Waals surface area contributed by atoms with Crippen LogP contribution in [0.15, 0.2) is 35.5 Å². The van der Waals surface area contributed by atoms with Crippen LogP contribution in [0.5, 0.6) is 0 Å². The molecule has 0 unspecified atom stereocenters. The lowest BCUT2D eigenvalue weighted by Gasteiger charge is -2.18. The van der Waals surface area contributed by atoms with Crippen molar-refractivity contribution in [2.24, 2.45) is 5.92 Å². The first kappa shape index (κ1) is 18.2. The van der Waals surface area contributed by atoms with Gasteiger partial charge in [0.05, 0.1) is 0 Å². The van der Waals surface area contributed by atoms with Crippen LogP contribution in [0.4, 0.5) is 0 Å². The molecule has 0 spiro atoms. The molecule has 0 aliphatic carbocycles. The van der Waals surface area contributed by atoms with Gasteiger partial charge in [-0.2, -0.15) is 0 Å². The van der Waals surface area contributed by atoms with E-state index in [4.69, 9.17) is 0 Å². The van der Waals surface area contributed by atoms with Crippen molar-refractivity contribution in [1.29, 1.82) is 0 Å². The highest BCUT2D eigenvalue weighted by Crippen LogP contribution is 2.26. The van der Waals surface area contributed by atoms with E-state index < -0.39 is 0 Å². The molecular weight excluding hydrogens is 228 g/mol. The molecule has 0 N–H and O–H groups in total. The molecule has 0 atom stereocenters. The van der Waals surface area contributed by atoms with Crippen LogP contribution in [0.25, 0.3) is 0 Å². The Balaban J connectivity index is 4.58. The minimum Gasteiger partial charge on any atom is -0.0953 e. The van der Waals surface area contributed by atoms with Crippen LogP contribution in [-0.4, -0.2) is 0 Å². The molecule has 0 rings (SSSR count). The number of unbranched alkanes of at least 4 members (excludes halogenated alkanes) is 1. The predicted octanol–water partition coefficient (Wildman–Crippen LogP) is 6.84. The summed E-state index contributed by atoms with van der Waals surface area (Å²) in [5.74, 6) is 0.676. The summed E-state index contributed by atoms with van der Waals surface area (Å²) < 4.78 is 0. The molecule has 0 saturated carbocycles. The van der Waals surface area contributed by atoms with Crippen LogP contribution in [0.1, 0.15) is 79.6 Å². The Hall–Kier alpha value is -0.780. The standard InChI is InChI=1S/C19H34/c1-7-10-13-16(4)14-15-17(5)18(6)19(11-8-2)12-9-3/h14-15,19H,6-13H2,1-5H3/b16-14+,17-15+. The molecule has 0 amide bonds. The first-order valence-corrected chi connectivity index (χ1v) is 8.09. The monoisotopic (exact) mass is 262 g/mol. The van der Waals surface area contributed by atoms with Gasteiger partial charge in [0.25, 0.3) is 0 Å². The van der Waals surface area contributed by atoms with Crippen molar-refractivity contribution in [3.8, 4) is 0 Å². The lowest BCUT2D eigenvalue weighted by Crippen LogP contribution is -2.04. The molecule has 0 aliphatic heterocycles. The van der Waals surface area contributed by atoms with Crippen LogP contribution < -0.4 is 0 Å². The van der Waals surface area contributed by atoms with E-state index in [2.05, 4.69) is 53.3 Å². The number of allylic oxidation sites excluding steroid dienone is 5. The van der Waals surface area contributed by atoms with Crippen LogP contribution in [0, 0.1) is 5.92 Å². The van der Waals surface area contributed by atoms with E-state index in [1.807, 2.05) is 0 Å². The molecule has 0 aliphatic rings. The largest absolute Gasteiger partial charge is 0.0953 e. The van der Waals surface area contributed by atoms with Gasteiger partial charge in [-0.1, -0.05) is 64.3 Å². The third-order valence-electron chi connectivity index (χ3n) is 3.82. The van der Waals surface area contributed by atoms with Crippen molar-refractivity contribution < 1.29 is 0 Å². The first-order chi connectivity index (χ1) is 9.06. The molecule has 0 nitrogen and oxygen atoms in total. The normalized spacial score (nSPS) is 13.2. The summed E-state index contributed by atoms with van der Waals surface area (Å²) in [6, 6.07) is 0. The summed E-state index contributed by atoms with van der Waals surface area (Å²) in [6.45, 7) is 15.6. The van der Waals surface area contributed by atoms with Crippen LogP contribution >= 0.6 is 0 Å². The van der Waals surface area contributed by atoms with Gasteiger partial charge >= 0.3 is 0 Å². The van der Waals surface area contributed by atoms with Crippen molar-refractivity contribution in [2.45, 2.75) is 79.6 Å². The Labute approximate surface area is 121 Å². The van der Waals surface area contributed by atoms with Gasteiger partial charge in [-0.3, -0.25) is 0 Å². The predicted molar refractivity (Wildman–Crippen MR) is 89.5 cm³/mol. The molecule has 19 heavy (non-hydrogen) atoms. The summed E-state index contributed by atoms with van der Waals surface area (Å²) in [4.78, 5) is 0. The molecule has 0 radical (unpaired) electrons. The lowest BCUT2D eigenvalue weighted by atomic mass is 9.87. The summed E-state index contributed by atoms with van der Waals surface area (Å²) in [5, 5.41) is 0. The molecule has 0 aromatic carbocycles. The zero-order valence-electron chi connectivity index (χ0n) is 13.9. The summed E-state index contributed by atoms with van der Waals surface area (Å²) in [5.41, 5.74) is 4.20. The number of hydrogen-bond donors (Lipinski definition) is 0. The van der Waals surface area contributed by atoms with E-state index in [0.717, 1.165) is 0 Å². The van der Waals surface area contributed by atoms with Crippen molar-refractivity contribution in [3.63, 3.8) is 0 Å². The van der Waals surface area contributed by atoms with Gasteiger partial charge in [0.15, 0.2) is 0 Å². The van der Waals surface area contributed by atoms with Gasteiger partial charge in [-0.05, 0) is 56.6 Å². The van der Waals surface area contributed by atoms with Gasteiger partial charge in [0.2, 0.25) is 0 Å². The maximum absolute atomic E-state index is 4.33. The quantitative estimate of drug-likeness (QED) is 0.378. The molecule has 0 saturated heterocycles. The van der Waals surface area contributed by atoms with E-state index in [1.54, 1.807) is 0 Å². The zero-order chi connectivity index (χ0) is 14.7. The van der Waals surface area contributed by atoms with Gasteiger partial charge in [0.1, 0.15) is 0 Å². The van der Waals surface area contributed by atoms with Crippen LogP contribution in [-0.2, 0) is 0 Å². The van der Waals surface area contributed by atoms with E-state index in [-0.39, 0.29) is 0 Å². The second-order valence-corrected chi connectivity index (χ2v) is 5.77. The van der Waals surface area contributed by atoms with E-state index in [9.17, 15) is 0 Å². The second-order valence-electron chi connectivity index (χ2n) is 5.77. The molecule has 0 heteroatoms. The Morgan fingerprint density at radius 2 is 1.53 bits per heavy atom. The fourth-order valence-corrected chi connectivity index (χ4v) is 2.42. The van der Waals surface area contributed by atoms with Gasteiger partial charge < -0.3 is 0 Å². The average molecular weight is 262 g/mol. The number of rotatable bonds is 10. The van der Waals surface area contributed by atoms with E-state index in [1.165, 1.54) is 61.7 Å². The van der Waals surface area contributed by atoms with Gasteiger partial charge in [-0.15, -0.1) is 0 Å². The minimum absolute atomic E-state index is 0.676. The van der Waals surface area contributed by atoms with Crippen molar-refractivity contribution in [1.82, 2.24) is 0 Å². The van der Waals surface area contributed by atoms with Crippen molar-refractivity contribution in [2.75, 3.05) is 0 Å². The molecule has 0 aromatic rings. The van der Waals surface area contributed by atoms with Crippen LogP contribution in [0.3, 0.4) is 0 Å². The van der Waals surface area contributed by atoms with Crippen molar-refractivity contribution >= 4 is 0 Å². The van der Waals surface area contributed by atoms with Crippen LogP contribution in [0.2, 0.25) is 0 Å². The maximum atomic E-state index is 4.33. The minimum atomic E-state index is 0.676. The summed E-state index contributed by atoms with van der Waals surface area (Å²) in [7, 11) is 0. The SMILES string of the molecule is C=C(/C(C)=C/C=C(\C)CCCC)C(CCC)CCC.